The monoisotopic (exact) mass is 318 g/mol. The summed E-state index contributed by atoms with van der Waals surface area (Å²) in [6.07, 6.45) is 4.20. The van der Waals surface area contributed by atoms with Crippen LogP contribution in [0, 0.1) is 5.82 Å². The van der Waals surface area contributed by atoms with Crippen molar-refractivity contribution in [2.24, 2.45) is 0 Å². The van der Waals surface area contributed by atoms with Gasteiger partial charge in [-0.25, -0.2) is 4.39 Å². The van der Waals surface area contributed by atoms with Crippen LogP contribution in [0.15, 0.2) is 18.2 Å². The molecular weight excluding hydrogens is 302 g/mol. The lowest BCUT2D eigenvalue weighted by Gasteiger charge is -2.29. The number of hydrogen-bond acceptors (Lipinski definition) is 2. The Bertz CT molecular complexity index is 500. The number of carbonyl (C=O) groups is 1. The Labute approximate surface area is 128 Å². The molecule has 3 nitrogen and oxygen atoms in total. The zero-order valence-electron chi connectivity index (χ0n) is 10.9. The number of piperidine rings is 1. The Kier molecular flexibility index (Phi) is 4.89. The van der Waals surface area contributed by atoms with E-state index < -0.39 is 5.82 Å². The summed E-state index contributed by atoms with van der Waals surface area (Å²) >= 11 is 5.68. The predicted octanol–water partition coefficient (Wildman–Crippen LogP) is 2.91. The molecule has 1 aromatic rings. The van der Waals surface area contributed by atoms with Crippen LogP contribution in [0.1, 0.15) is 36.0 Å². The second-order valence-corrected chi connectivity index (χ2v) is 5.84. The fraction of sp³-hybridized carbons (Fsp3) is 0.500. The van der Waals surface area contributed by atoms with Gasteiger partial charge in [0.05, 0.1) is 5.56 Å². The molecule has 3 rings (SSSR count). The van der Waals surface area contributed by atoms with E-state index in [4.69, 9.17) is 11.6 Å². The zero-order chi connectivity index (χ0) is 13.4. The summed E-state index contributed by atoms with van der Waals surface area (Å²) < 4.78 is 13.7. The van der Waals surface area contributed by atoms with Gasteiger partial charge in [0.25, 0.3) is 5.91 Å². The van der Waals surface area contributed by atoms with Gasteiger partial charge in [0.1, 0.15) is 5.82 Å². The standard InChI is InChI=1S/C14H16ClFN2O.ClH/c15-8-1-4-12(13(16)5-8)14(19)18-11-6-9-2-3-10(7-11)17-9;/h1,4-5,9-11,17H,2-3,6-7H2,(H,18,19);1H. The van der Waals surface area contributed by atoms with Crippen molar-refractivity contribution in [3.8, 4) is 0 Å². The Morgan fingerprint density at radius 3 is 2.55 bits per heavy atom. The third-order valence-electron chi connectivity index (χ3n) is 3.98. The smallest absolute Gasteiger partial charge is 0.254 e. The van der Waals surface area contributed by atoms with Crippen molar-refractivity contribution in [2.45, 2.75) is 43.8 Å². The van der Waals surface area contributed by atoms with Gasteiger partial charge < -0.3 is 10.6 Å². The Hall–Kier alpha value is -0.840. The van der Waals surface area contributed by atoms with Crippen LogP contribution in [0.4, 0.5) is 4.39 Å². The van der Waals surface area contributed by atoms with E-state index in [1.807, 2.05) is 0 Å². The largest absolute Gasteiger partial charge is 0.349 e. The van der Waals surface area contributed by atoms with E-state index in [2.05, 4.69) is 10.6 Å². The lowest BCUT2D eigenvalue weighted by atomic mass is 9.99. The highest BCUT2D eigenvalue weighted by atomic mass is 35.5. The maximum Gasteiger partial charge on any atom is 0.254 e. The van der Waals surface area contributed by atoms with Crippen molar-refractivity contribution in [1.29, 1.82) is 0 Å². The highest BCUT2D eigenvalue weighted by Crippen LogP contribution is 2.27. The molecule has 1 amide bonds. The molecule has 2 saturated heterocycles. The first-order valence-electron chi connectivity index (χ1n) is 6.64. The summed E-state index contributed by atoms with van der Waals surface area (Å²) in [6.45, 7) is 0. The third kappa shape index (κ3) is 3.25. The molecule has 0 saturated carbocycles. The van der Waals surface area contributed by atoms with Crippen molar-refractivity contribution in [3.63, 3.8) is 0 Å². The minimum absolute atomic E-state index is 0. The molecule has 0 aliphatic carbocycles. The molecule has 0 spiro atoms. The van der Waals surface area contributed by atoms with E-state index in [-0.39, 0.29) is 29.9 Å². The fourth-order valence-electron chi connectivity index (χ4n) is 3.11. The van der Waals surface area contributed by atoms with Gasteiger partial charge in [0.15, 0.2) is 0 Å². The Morgan fingerprint density at radius 1 is 1.30 bits per heavy atom. The van der Waals surface area contributed by atoms with Gasteiger partial charge in [-0.1, -0.05) is 11.6 Å². The van der Waals surface area contributed by atoms with Crippen LogP contribution in [-0.4, -0.2) is 24.0 Å². The molecule has 2 bridgehead atoms. The molecule has 2 aliphatic heterocycles. The van der Waals surface area contributed by atoms with Gasteiger partial charge in [-0.3, -0.25) is 4.79 Å². The summed E-state index contributed by atoms with van der Waals surface area (Å²) in [5, 5.41) is 6.74. The van der Waals surface area contributed by atoms with Crippen LogP contribution in [-0.2, 0) is 0 Å². The molecule has 2 unspecified atom stereocenters. The second-order valence-electron chi connectivity index (χ2n) is 5.40. The van der Waals surface area contributed by atoms with Gasteiger partial charge in [-0.2, -0.15) is 0 Å². The average molecular weight is 319 g/mol. The van der Waals surface area contributed by atoms with Crippen LogP contribution in [0.2, 0.25) is 5.02 Å². The van der Waals surface area contributed by atoms with Crippen molar-refractivity contribution in [2.75, 3.05) is 0 Å². The number of nitrogens with one attached hydrogen (secondary N) is 2. The van der Waals surface area contributed by atoms with Crippen LogP contribution in [0.5, 0.6) is 0 Å². The fourth-order valence-corrected chi connectivity index (χ4v) is 3.27. The van der Waals surface area contributed by atoms with Crippen molar-refractivity contribution in [3.05, 3.63) is 34.6 Å². The summed E-state index contributed by atoms with van der Waals surface area (Å²) in [5.41, 5.74) is 0.0651. The van der Waals surface area contributed by atoms with Gasteiger partial charge in [-0.05, 0) is 43.9 Å². The molecule has 20 heavy (non-hydrogen) atoms. The van der Waals surface area contributed by atoms with E-state index in [1.165, 1.54) is 31.0 Å². The molecule has 1 aromatic carbocycles. The molecule has 0 radical (unpaired) electrons. The number of halogens is 3. The molecule has 2 aliphatic rings. The summed E-state index contributed by atoms with van der Waals surface area (Å²) in [7, 11) is 0. The first kappa shape index (κ1) is 15.5. The molecule has 2 fully saturated rings. The van der Waals surface area contributed by atoms with Gasteiger partial charge >= 0.3 is 0 Å². The van der Waals surface area contributed by atoms with E-state index in [0.29, 0.717) is 17.1 Å². The molecule has 2 atom stereocenters. The summed E-state index contributed by atoms with van der Waals surface area (Å²) in [4.78, 5) is 12.1. The molecule has 2 N–H and O–H groups in total. The van der Waals surface area contributed by atoms with Gasteiger partial charge in [0, 0.05) is 23.1 Å². The molecule has 0 aromatic heterocycles. The van der Waals surface area contributed by atoms with E-state index in [0.717, 1.165) is 12.8 Å². The number of carbonyl (C=O) groups excluding carboxylic acids is 1. The van der Waals surface area contributed by atoms with Gasteiger partial charge in [-0.15, -0.1) is 12.4 Å². The van der Waals surface area contributed by atoms with Crippen LogP contribution < -0.4 is 10.6 Å². The van der Waals surface area contributed by atoms with E-state index in [1.54, 1.807) is 0 Å². The van der Waals surface area contributed by atoms with E-state index >= 15 is 0 Å². The van der Waals surface area contributed by atoms with Crippen LogP contribution in [0.3, 0.4) is 0 Å². The van der Waals surface area contributed by atoms with Crippen LogP contribution >= 0.6 is 24.0 Å². The first-order valence-corrected chi connectivity index (χ1v) is 7.01. The van der Waals surface area contributed by atoms with Crippen LogP contribution in [0.25, 0.3) is 0 Å². The quantitative estimate of drug-likeness (QED) is 0.880. The normalized spacial score (nSPS) is 27.8. The summed E-state index contributed by atoms with van der Waals surface area (Å²) in [5.74, 6) is -0.914. The van der Waals surface area contributed by atoms with E-state index in [9.17, 15) is 9.18 Å². The zero-order valence-corrected chi connectivity index (χ0v) is 12.4. The lowest BCUT2D eigenvalue weighted by Crippen LogP contribution is -2.48. The lowest BCUT2D eigenvalue weighted by molar-refractivity contribution is 0.0920. The Morgan fingerprint density at radius 2 is 1.95 bits per heavy atom. The molecule has 110 valence electrons. The second kappa shape index (κ2) is 6.29. The molecule has 2 heterocycles. The predicted molar refractivity (Wildman–Crippen MR) is 79.1 cm³/mol. The number of hydrogen-bond donors (Lipinski definition) is 2. The number of fused-ring (bicyclic) bond motifs is 2. The SMILES string of the molecule is Cl.O=C(NC1CC2CCC(C1)N2)c1ccc(Cl)cc1F. The minimum atomic E-state index is -0.568. The number of rotatable bonds is 2. The molecular formula is C14H17Cl2FN2O. The maximum atomic E-state index is 13.7. The highest BCUT2D eigenvalue weighted by molar-refractivity contribution is 6.30. The summed E-state index contributed by atoms with van der Waals surface area (Å²) in [6, 6.07) is 5.27. The van der Waals surface area contributed by atoms with Crippen molar-refractivity contribution >= 4 is 29.9 Å². The highest BCUT2D eigenvalue weighted by Gasteiger charge is 2.34. The Balaban J connectivity index is 0.00000147. The van der Waals surface area contributed by atoms with Crippen molar-refractivity contribution in [1.82, 2.24) is 10.6 Å². The topological polar surface area (TPSA) is 41.1 Å². The average Bonchev–Trinajstić information content (AvgIpc) is 2.68. The third-order valence-corrected chi connectivity index (χ3v) is 4.22. The first-order chi connectivity index (χ1) is 9.11. The van der Waals surface area contributed by atoms with Crippen molar-refractivity contribution < 1.29 is 9.18 Å². The number of amides is 1. The van der Waals surface area contributed by atoms with Gasteiger partial charge in [0.2, 0.25) is 0 Å². The molecule has 6 heteroatoms. The maximum absolute atomic E-state index is 13.7. The minimum Gasteiger partial charge on any atom is -0.349 e. The number of benzene rings is 1.